The number of nitrogens with two attached hydrogens (primary N) is 2. The predicted molar refractivity (Wildman–Crippen MR) is 72.8 cm³/mol. The number of anilines is 1. The molecule has 0 fully saturated rings. The van der Waals surface area contributed by atoms with Crippen molar-refractivity contribution in [3.05, 3.63) is 53.8 Å². The Morgan fingerprint density at radius 2 is 2.00 bits per heavy atom. The molecule has 1 amide bonds. The first-order chi connectivity index (χ1) is 8.65. The number of hydrogen-bond donors (Lipinski definition) is 3. The molecule has 1 atom stereocenters. The van der Waals surface area contributed by atoms with Crippen molar-refractivity contribution in [2.24, 2.45) is 5.73 Å². The van der Waals surface area contributed by atoms with Gasteiger partial charge in [-0.25, -0.2) is 0 Å². The van der Waals surface area contributed by atoms with Crippen molar-refractivity contribution in [1.82, 2.24) is 5.32 Å². The van der Waals surface area contributed by atoms with E-state index in [2.05, 4.69) is 5.32 Å². The lowest BCUT2D eigenvalue weighted by Crippen LogP contribution is -2.24. The smallest absolute Gasteiger partial charge is 0.255 e. The Balaban J connectivity index is 2.01. The van der Waals surface area contributed by atoms with Gasteiger partial charge in [-0.15, -0.1) is 0 Å². The van der Waals surface area contributed by atoms with E-state index in [9.17, 15) is 4.79 Å². The van der Waals surface area contributed by atoms with Crippen LogP contribution in [0.25, 0.3) is 0 Å². The van der Waals surface area contributed by atoms with Gasteiger partial charge in [0.2, 0.25) is 0 Å². The van der Waals surface area contributed by atoms with Crippen LogP contribution < -0.4 is 16.8 Å². The molecular weight excluding hydrogens is 226 g/mol. The maximum absolute atomic E-state index is 12.0. The molecule has 4 heteroatoms. The normalized spacial score (nSPS) is 18.9. The molecule has 1 aromatic rings. The summed E-state index contributed by atoms with van der Waals surface area (Å²) in [4.78, 5) is 12.0. The Bertz CT molecular complexity index is 488. The minimum atomic E-state index is -0.120. The van der Waals surface area contributed by atoms with Gasteiger partial charge in [0.05, 0.1) is 0 Å². The van der Waals surface area contributed by atoms with Crippen LogP contribution >= 0.6 is 0 Å². The van der Waals surface area contributed by atoms with Crippen molar-refractivity contribution < 1.29 is 4.79 Å². The van der Waals surface area contributed by atoms with Crippen LogP contribution in [0, 0.1) is 0 Å². The van der Waals surface area contributed by atoms with Crippen LogP contribution in [0.15, 0.2) is 48.2 Å². The monoisotopic (exact) mass is 243 g/mol. The van der Waals surface area contributed by atoms with E-state index in [0.717, 1.165) is 18.5 Å². The zero-order valence-electron chi connectivity index (χ0n) is 10.1. The van der Waals surface area contributed by atoms with Gasteiger partial charge < -0.3 is 16.8 Å². The minimum absolute atomic E-state index is 0.0622. The average molecular weight is 243 g/mol. The van der Waals surface area contributed by atoms with E-state index in [-0.39, 0.29) is 11.9 Å². The lowest BCUT2D eigenvalue weighted by atomic mass is 10.1. The van der Waals surface area contributed by atoms with Gasteiger partial charge in [-0.2, -0.15) is 0 Å². The highest BCUT2D eigenvalue weighted by Crippen LogP contribution is 2.11. The van der Waals surface area contributed by atoms with Crippen LogP contribution in [0.5, 0.6) is 0 Å². The molecule has 0 aromatic heterocycles. The van der Waals surface area contributed by atoms with Crippen LogP contribution in [0.3, 0.4) is 0 Å². The quantitative estimate of drug-likeness (QED) is 0.689. The summed E-state index contributed by atoms with van der Waals surface area (Å²) in [5.74, 6) is -0.120. The van der Waals surface area contributed by atoms with Gasteiger partial charge in [-0.05, 0) is 43.2 Å². The number of nitrogens with one attached hydrogen (secondary N) is 1. The Morgan fingerprint density at radius 3 is 2.72 bits per heavy atom. The molecule has 0 saturated heterocycles. The minimum Gasteiger partial charge on any atom is -0.399 e. The van der Waals surface area contributed by atoms with E-state index in [1.807, 2.05) is 18.2 Å². The molecule has 4 nitrogen and oxygen atoms in total. The van der Waals surface area contributed by atoms with E-state index >= 15 is 0 Å². The molecule has 1 aliphatic carbocycles. The number of benzene rings is 1. The van der Waals surface area contributed by atoms with Crippen LogP contribution in [0.2, 0.25) is 0 Å². The Kier molecular flexibility index (Phi) is 3.79. The molecule has 1 unspecified atom stereocenters. The third-order valence-corrected chi connectivity index (χ3v) is 2.85. The van der Waals surface area contributed by atoms with E-state index in [4.69, 9.17) is 11.5 Å². The molecule has 0 bridgehead atoms. The molecule has 0 radical (unpaired) electrons. The molecule has 5 N–H and O–H groups in total. The topological polar surface area (TPSA) is 81.1 Å². The van der Waals surface area contributed by atoms with Crippen LogP contribution in [-0.4, -0.2) is 11.9 Å². The average Bonchev–Trinajstić information content (AvgIpc) is 2.55. The number of carbonyl (C=O) groups excluding carboxylic acids is 1. The maximum Gasteiger partial charge on any atom is 0.255 e. The number of rotatable bonds is 2. The predicted octanol–water partition coefficient (Wildman–Crippen LogP) is 1.56. The summed E-state index contributed by atoms with van der Waals surface area (Å²) in [5, 5.41) is 2.89. The first kappa shape index (κ1) is 12.4. The van der Waals surface area contributed by atoms with Crippen LogP contribution in [0.4, 0.5) is 5.69 Å². The summed E-state index contributed by atoms with van der Waals surface area (Å²) in [5.41, 5.74) is 13.5. The summed E-state index contributed by atoms with van der Waals surface area (Å²) in [7, 11) is 0. The van der Waals surface area contributed by atoms with Gasteiger partial charge in [-0.3, -0.25) is 4.79 Å². The van der Waals surface area contributed by atoms with Crippen molar-refractivity contribution in [2.45, 2.75) is 18.9 Å². The van der Waals surface area contributed by atoms with Gasteiger partial charge in [0.15, 0.2) is 0 Å². The van der Waals surface area contributed by atoms with Gasteiger partial charge in [-0.1, -0.05) is 12.2 Å². The number of allylic oxidation sites excluding steroid dienone is 3. The zero-order valence-corrected chi connectivity index (χ0v) is 10.1. The van der Waals surface area contributed by atoms with Gasteiger partial charge in [0.25, 0.3) is 5.91 Å². The third-order valence-electron chi connectivity index (χ3n) is 2.85. The highest BCUT2D eigenvalue weighted by Gasteiger charge is 2.09. The van der Waals surface area contributed by atoms with Crippen molar-refractivity contribution in [3.63, 3.8) is 0 Å². The number of hydrogen-bond acceptors (Lipinski definition) is 3. The van der Waals surface area contributed by atoms with Gasteiger partial charge in [0, 0.05) is 23.0 Å². The molecule has 94 valence electrons. The van der Waals surface area contributed by atoms with Crippen LogP contribution in [0.1, 0.15) is 23.2 Å². The van der Waals surface area contributed by atoms with Gasteiger partial charge in [0.1, 0.15) is 0 Å². The lowest BCUT2D eigenvalue weighted by molar-refractivity contribution is 0.0964. The lowest BCUT2D eigenvalue weighted by Gasteiger charge is -2.09. The first-order valence-electron chi connectivity index (χ1n) is 5.95. The summed E-state index contributed by atoms with van der Waals surface area (Å²) in [6.45, 7) is 0. The molecule has 1 aliphatic rings. The number of nitrogen functional groups attached to an aromatic ring is 1. The molecule has 1 aromatic carbocycles. The van der Waals surface area contributed by atoms with Crippen molar-refractivity contribution >= 4 is 11.6 Å². The Hall–Kier alpha value is -2.07. The second-order valence-corrected chi connectivity index (χ2v) is 4.36. The fraction of sp³-hybridized carbons (Fsp3) is 0.214. The van der Waals surface area contributed by atoms with Gasteiger partial charge >= 0.3 is 0 Å². The van der Waals surface area contributed by atoms with Crippen LogP contribution in [-0.2, 0) is 0 Å². The van der Waals surface area contributed by atoms with E-state index in [1.165, 1.54) is 0 Å². The highest BCUT2D eigenvalue weighted by atomic mass is 16.1. The van der Waals surface area contributed by atoms with Crippen molar-refractivity contribution in [1.29, 1.82) is 0 Å². The third kappa shape index (κ3) is 3.21. The van der Waals surface area contributed by atoms with E-state index in [0.29, 0.717) is 11.3 Å². The Labute approximate surface area is 106 Å². The molecule has 0 spiro atoms. The summed E-state index contributed by atoms with van der Waals surface area (Å²) in [6.07, 6.45) is 7.32. The molecule has 2 rings (SSSR count). The van der Waals surface area contributed by atoms with E-state index < -0.39 is 0 Å². The fourth-order valence-corrected chi connectivity index (χ4v) is 1.77. The largest absolute Gasteiger partial charge is 0.399 e. The SMILES string of the molecule is Nc1ccc(C(=O)NC2=CC=CC(N)CC2)cc1. The van der Waals surface area contributed by atoms with E-state index in [1.54, 1.807) is 24.3 Å². The second kappa shape index (κ2) is 5.51. The Morgan fingerprint density at radius 1 is 1.28 bits per heavy atom. The number of amides is 1. The second-order valence-electron chi connectivity index (χ2n) is 4.36. The highest BCUT2D eigenvalue weighted by molar-refractivity contribution is 5.95. The molecule has 18 heavy (non-hydrogen) atoms. The number of carbonyl (C=O) groups is 1. The van der Waals surface area contributed by atoms with Crippen molar-refractivity contribution in [3.8, 4) is 0 Å². The zero-order chi connectivity index (χ0) is 13.0. The van der Waals surface area contributed by atoms with Crippen molar-refractivity contribution in [2.75, 3.05) is 5.73 Å². The maximum atomic E-state index is 12.0. The standard InChI is InChI=1S/C14H17N3O/c15-11-2-1-3-13(9-8-11)17-14(18)10-4-6-12(16)7-5-10/h1-7,11H,8-9,15-16H2,(H,17,18). The summed E-state index contributed by atoms with van der Waals surface area (Å²) in [6, 6.07) is 6.91. The molecule has 0 saturated carbocycles. The summed E-state index contributed by atoms with van der Waals surface area (Å²) < 4.78 is 0. The molecular formula is C14H17N3O. The molecule has 0 heterocycles. The summed E-state index contributed by atoms with van der Waals surface area (Å²) >= 11 is 0. The fourth-order valence-electron chi connectivity index (χ4n) is 1.77. The molecule has 0 aliphatic heterocycles. The first-order valence-corrected chi connectivity index (χ1v) is 5.95.